The first kappa shape index (κ1) is 10.6. The molecule has 1 atom stereocenters. The van der Waals surface area contributed by atoms with E-state index < -0.39 is 0 Å². The van der Waals surface area contributed by atoms with Gasteiger partial charge in [-0.1, -0.05) is 36.5 Å². The van der Waals surface area contributed by atoms with E-state index in [9.17, 15) is 0 Å². The van der Waals surface area contributed by atoms with Crippen molar-refractivity contribution >= 4 is 46.1 Å². The molecule has 1 rings (SSSR count). The third kappa shape index (κ3) is 2.53. The van der Waals surface area contributed by atoms with Gasteiger partial charge < -0.3 is 0 Å². The van der Waals surface area contributed by atoms with E-state index in [0.717, 1.165) is 18.4 Å². The maximum Gasteiger partial charge on any atom is 0.0991 e. The molecule has 0 aliphatic rings. The summed E-state index contributed by atoms with van der Waals surface area (Å²) in [4.78, 5) is 0. The predicted octanol–water partition coefficient (Wildman–Crippen LogP) is 5.13. The molecule has 12 heavy (non-hydrogen) atoms. The van der Waals surface area contributed by atoms with Crippen molar-refractivity contribution in [2.45, 2.75) is 25.1 Å². The van der Waals surface area contributed by atoms with Gasteiger partial charge in [0.05, 0.1) is 14.0 Å². The predicted molar refractivity (Wildman–Crippen MR) is 57.8 cm³/mol. The Bertz CT molecular complexity index is 257. The molecule has 0 fully saturated rings. The van der Waals surface area contributed by atoms with Crippen molar-refractivity contribution in [3.63, 3.8) is 0 Å². The molecule has 1 aromatic heterocycles. The van der Waals surface area contributed by atoms with E-state index in [1.165, 1.54) is 11.3 Å². The number of alkyl halides is 1. The smallest absolute Gasteiger partial charge is 0.0991 e. The highest BCUT2D eigenvalue weighted by molar-refractivity contribution is 7.20. The molecule has 0 bridgehead atoms. The zero-order valence-corrected chi connectivity index (χ0v) is 9.70. The van der Waals surface area contributed by atoms with Gasteiger partial charge in [-0.3, -0.25) is 0 Å². The van der Waals surface area contributed by atoms with Gasteiger partial charge >= 0.3 is 0 Å². The van der Waals surface area contributed by atoms with Gasteiger partial charge in [0.25, 0.3) is 0 Å². The van der Waals surface area contributed by atoms with Crippen LogP contribution in [0.25, 0.3) is 0 Å². The second-order valence-electron chi connectivity index (χ2n) is 2.54. The fourth-order valence-corrected chi connectivity index (χ4v) is 3.07. The van der Waals surface area contributed by atoms with Crippen LogP contribution in [0.1, 0.15) is 30.7 Å². The fraction of sp³-hybridized carbons (Fsp3) is 0.500. The van der Waals surface area contributed by atoms with E-state index in [2.05, 4.69) is 6.92 Å². The van der Waals surface area contributed by atoms with Crippen molar-refractivity contribution in [1.82, 2.24) is 0 Å². The normalized spacial score (nSPS) is 13.3. The fourth-order valence-electron chi connectivity index (χ4n) is 0.975. The quantitative estimate of drug-likeness (QED) is 0.645. The van der Waals surface area contributed by atoms with E-state index in [4.69, 9.17) is 34.8 Å². The third-order valence-electron chi connectivity index (χ3n) is 1.56. The number of halogens is 3. The second-order valence-corrected chi connectivity index (χ2v) is 5.35. The Morgan fingerprint density at radius 3 is 2.58 bits per heavy atom. The first-order valence-corrected chi connectivity index (χ1v) is 5.74. The molecular formula is C8H9Cl3S. The van der Waals surface area contributed by atoms with Gasteiger partial charge in [0.1, 0.15) is 0 Å². The average Bonchev–Trinajstić information content (AvgIpc) is 2.30. The van der Waals surface area contributed by atoms with Crippen LogP contribution >= 0.6 is 46.1 Å². The van der Waals surface area contributed by atoms with Gasteiger partial charge in [-0.2, -0.15) is 0 Å². The lowest BCUT2D eigenvalue weighted by molar-refractivity contribution is 0.773. The van der Waals surface area contributed by atoms with E-state index in [0.29, 0.717) is 8.67 Å². The molecule has 0 saturated carbocycles. The topological polar surface area (TPSA) is 0 Å². The first-order valence-electron chi connectivity index (χ1n) is 3.74. The molecule has 0 aliphatic heterocycles. The zero-order valence-electron chi connectivity index (χ0n) is 6.61. The standard InChI is InChI=1S/C8H9Cl3S/c1-2-3-6(9)5-4-7(10)12-8(5)11/h4,6H,2-3H2,1H3. The number of hydrogen-bond donors (Lipinski definition) is 0. The molecule has 0 aromatic carbocycles. The maximum atomic E-state index is 6.09. The van der Waals surface area contributed by atoms with E-state index in [1.54, 1.807) is 0 Å². The summed E-state index contributed by atoms with van der Waals surface area (Å²) in [5.41, 5.74) is 0.968. The molecule has 0 N–H and O–H groups in total. The number of thiophene rings is 1. The van der Waals surface area contributed by atoms with Gasteiger partial charge in [0, 0.05) is 5.56 Å². The summed E-state index contributed by atoms with van der Waals surface area (Å²) in [5.74, 6) is 0. The van der Waals surface area contributed by atoms with Crippen molar-refractivity contribution in [3.05, 3.63) is 20.3 Å². The lowest BCUT2D eigenvalue weighted by Crippen LogP contribution is -1.86. The Kier molecular flexibility index (Phi) is 4.18. The molecule has 1 unspecified atom stereocenters. The van der Waals surface area contributed by atoms with Gasteiger partial charge in [-0.05, 0) is 12.5 Å². The lowest BCUT2D eigenvalue weighted by atomic mass is 10.1. The summed E-state index contributed by atoms with van der Waals surface area (Å²) in [6, 6.07) is 1.85. The Morgan fingerprint density at radius 2 is 2.17 bits per heavy atom. The molecule has 0 nitrogen and oxygen atoms in total. The summed E-state index contributed by atoms with van der Waals surface area (Å²) in [6.45, 7) is 2.09. The molecular weight excluding hydrogens is 235 g/mol. The minimum absolute atomic E-state index is 0.00579. The average molecular weight is 244 g/mol. The summed E-state index contributed by atoms with van der Waals surface area (Å²) < 4.78 is 1.42. The van der Waals surface area contributed by atoms with Crippen LogP contribution in [0, 0.1) is 0 Å². The van der Waals surface area contributed by atoms with Crippen LogP contribution in [0.3, 0.4) is 0 Å². The highest BCUT2D eigenvalue weighted by atomic mass is 35.5. The zero-order chi connectivity index (χ0) is 9.14. The molecule has 68 valence electrons. The van der Waals surface area contributed by atoms with Crippen LogP contribution in [0.15, 0.2) is 6.07 Å². The Balaban J connectivity index is 2.79. The van der Waals surface area contributed by atoms with Crippen LogP contribution in [0.5, 0.6) is 0 Å². The third-order valence-corrected chi connectivity index (χ3v) is 3.53. The van der Waals surface area contributed by atoms with Crippen LogP contribution < -0.4 is 0 Å². The number of rotatable bonds is 3. The monoisotopic (exact) mass is 242 g/mol. The van der Waals surface area contributed by atoms with Crippen molar-refractivity contribution in [2.24, 2.45) is 0 Å². The van der Waals surface area contributed by atoms with Crippen molar-refractivity contribution in [1.29, 1.82) is 0 Å². The van der Waals surface area contributed by atoms with Gasteiger partial charge in [-0.15, -0.1) is 22.9 Å². The molecule has 4 heteroatoms. The van der Waals surface area contributed by atoms with Crippen LogP contribution in [-0.4, -0.2) is 0 Å². The highest BCUT2D eigenvalue weighted by Gasteiger charge is 2.13. The Morgan fingerprint density at radius 1 is 1.50 bits per heavy atom. The van der Waals surface area contributed by atoms with E-state index in [-0.39, 0.29) is 5.38 Å². The lowest BCUT2D eigenvalue weighted by Gasteiger charge is -2.04. The second kappa shape index (κ2) is 4.71. The minimum atomic E-state index is 0.00579. The largest absolute Gasteiger partial charge is 0.118 e. The maximum absolute atomic E-state index is 6.09. The van der Waals surface area contributed by atoms with Crippen LogP contribution in [0.4, 0.5) is 0 Å². The van der Waals surface area contributed by atoms with Crippen LogP contribution in [0.2, 0.25) is 8.67 Å². The van der Waals surface area contributed by atoms with Gasteiger partial charge in [0.15, 0.2) is 0 Å². The van der Waals surface area contributed by atoms with Crippen molar-refractivity contribution < 1.29 is 0 Å². The summed E-state index contributed by atoms with van der Waals surface area (Å²) >= 11 is 19.2. The molecule has 0 spiro atoms. The van der Waals surface area contributed by atoms with Crippen LogP contribution in [-0.2, 0) is 0 Å². The van der Waals surface area contributed by atoms with Gasteiger partial charge in [0.2, 0.25) is 0 Å². The van der Waals surface area contributed by atoms with Crippen molar-refractivity contribution in [3.8, 4) is 0 Å². The molecule has 1 heterocycles. The Labute approximate surface area is 91.4 Å². The molecule has 0 radical (unpaired) electrons. The summed E-state index contributed by atoms with van der Waals surface area (Å²) in [7, 11) is 0. The SMILES string of the molecule is CCCC(Cl)c1cc(Cl)sc1Cl. The Hall–Kier alpha value is 0.570. The van der Waals surface area contributed by atoms with Gasteiger partial charge in [-0.25, -0.2) is 0 Å². The summed E-state index contributed by atoms with van der Waals surface area (Å²) in [6.07, 6.45) is 1.99. The molecule has 1 aromatic rings. The summed E-state index contributed by atoms with van der Waals surface area (Å²) in [5, 5.41) is 0.00579. The number of hydrogen-bond acceptors (Lipinski definition) is 1. The first-order chi connectivity index (χ1) is 5.65. The highest BCUT2D eigenvalue weighted by Crippen LogP contribution is 2.39. The molecule has 0 amide bonds. The molecule has 0 aliphatic carbocycles. The van der Waals surface area contributed by atoms with E-state index in [1.807, 2.05) is 6.07 Å². The minimum Gasteiger partial charge on any atom is -0.118 e. The van der Waals surface area contributed by atoms with Crippen molar-refractivity contribution in [2.75, 3.05) is 0 Å². The van der Waals surface area contributed by atoms with E-state index >= 15 is 0 Å². The molecule has 0 saturated heterocycles.